The molecule has 3 unspecified atom stereocenters. The lowest BCUT2D eigenvalue weighted by Crippen LogP contribution is -2.58. The van der Waals surface area contributed by atoms with Crippen LogP contribution in [-0.4, -0.2) is 25.4 Å². The Morgan fingerprint density at radius 3 is 2.62 bits per heavy atom. The fourth-order valence-corrected chi connectivity index (χ4v) is 1.85. The maximum atomic E-state index is 13.6. The summed E-state index contributed by atoms with van der Waals surface area (Å²) in [7, 11) is 0. The SMILES string of the molecule is Cc1ccccc1N1CC(F)NC(F)C1F. The van der Waals surface area contributed by atoms with Crippen LogP contribution >= 0.6 is 0 Å². The number of hydrogen-bond donors (Lipinski definition) is 1. The van der Waals surface area contributed by atoms with Crippen LogP contribution in [0.4, 0.5) is 18.9 Å². The van der Waals surface area contributed by atoms with E-state index >= 15 is 0 Å². The molecule has 1 aliphatic rings. The van der Waals surface area contributed by atoms with Crippen molar-refractivity contribution < 1.29 is 13.2 Å². The first-order valence-electron chi connectivity index (χ1n) is 5.10. The van der Waals surface area contributed by atoms with Gasteiger partial charge in [-0.25, -0.2) is 13.2 Å². The normalized spacial score (nSPS) is 30.5. The lowest BCUT2D eigenvalue weighted by Gasteiger charge is -2.37. The molecule has 0 aliphatic carbocycles. The molecule has 2 rings (SSSR count). The number of rotatable bonds is 1. The van der Waals surface area contributed by atoms with Gasteiger partial charge in [0.05, 0.1) is 6.54 Å². The van der Waals surface area contributed by atoms with Crippen LogP contribution in [0.2, 0.25) is 0 Å². The average Bonchev–Trinajstić information content (AvgIpc) is 2.24. The molecule has 88 valence electrons. The molecule has 0 aromatic heterocycles. The van der Waals surface area contributed by atoms with Gasteiger partial charge in [-0.15, -0.1) is 0 Å². The first kappa shape index (κ1) is 11.3. The van der Waals surface area contributed by atoms with Gasteiger partial charge in [0.15, 0.2) is 6.30 Å². The van der Waals surface area contributed by atoms with Gasteiger partial charge in [0.25, 0.3) is 0 Å². The molecular formula is C11H13F3N2. The molecule has 16 heavy (non-hydrogen) atoms. The highest BCUT2D eigenvalue weighted by Gasteiger charge is 2.36. The fourth-order valence-electron chi connectivity index (χ4n) is 1.85. The van der Waals surface area contributed by atoms with Gasteiger partial charge in [-0.3, -0.25) is 5.32 Å². The molecule has 1 aromatic carbocycles. The van der Waals surface area contributed by atoms with Crippen molar-refractivity contribution in [1.29, 1.82) is 0 Å². The summed E-state index contributed by atoms with van der Waals surface area (Å²) in [5.41, 5.74) is 1.33. The summed E-state index contributed by atoms with van der Waals surface area (Å²) in [6.07, 6.45) is -5.40. The summed E-state index contributed by atoms with van der Waals surface area (Å²) in [5, 5.41) is 1.90. The third kappa shape index (κ3) is 2.00. The molecule has 1 aliphatic heterocycles. The Morgan fingerprint density at radius 2 is 1.94 bits per heavy atom. The van der Waals surface area contributed by atoms with Crippen molar-refractivity contribution in [2.24, 2.45) is 0 Å². The van der Waals surface area contributed by atoms with Gasteiger partial charge in [-0.2, -0.15) is 0 Å². The summed E-state index contributed by atoms with van der Waals surface area (Å²) in [4.78, 5) is 1.11. The van der Waals surface area contributed by atoms with Gasteiger partial charge in [-0.05, 0) is 18.6 Å². The maximum Gasteiger partial charge on any atom is 0.217 e. The first-order chi connectivity index (χ1) is 7.59. The fraction of sp³-hybridized carbons (Fsp3) is 0.455. The van der Waals surface area contributed by atoms with Crippen LogP contribution in [0.25, 0.3) is 0 Å². The summed E-state index contributed by atoms with van der Waals surface area (Å²) in [6.45, 7) is 1.59. The van der Waals surface area contributed by atoms with Crippen LogP contribution in [0.3, 0.4) is 0 Å². The van der Waals surface area contributed by atoms with Crippen molar-refractivity contribution in [2.75, 3.05) is 11.4 Å². The molecule has 1 N–H and O–H groups in total. The minimum absolute atomic E-state index is 0.188. The molecule has 0 radical (unpaired) electrons. The number of anilines is 1. The van der Waals surface area contributed by atoms with Crippen molar-refractivity contribution in [3.05, 3.63) is 29.8 Å². The Hall–Kier alpha value is -1.23. The highest BCUT2D eigenvalue weighted by Crippen LogP contribution is 2.26. The molecule has 1 saturated heterocycles. The monoisotopic (exact) mass is 230 g/mol. The predicted molar refractivity (Wildman–Crippen MR) is 56.3 cm³/mol. The van der Waals surface area contributed by atoms with Gasteiger partial charge in [0.1, 0.15) is 0 Å². The number of hydrogen-bond acceptors (Lipinski definition) is 2. The molecule has 1 heterocycles. The molecule has 1 fully saturated rings. The van der Waals surface area contributed by atoms with E-state index in [0.29, 0.717) is 5.69 Å². The van der Waals surface area contributed by atoms with Gasteiger partial charge < -0.3 is 4.90 Å². The number of nitrogens with zero attached hydrogens (tertiary/aromatic N) is 1. The Balaban J connectivity index is 2.29. The second kappa shape index (κ2) is 4.33. The molecule has 5 heteroatoms. The highest BCUT2D eigenvalue weighted by molar-refractivity contribution is 5.54. The van der Waals surface area contributed by atoms with Crippen LogP contribution < -0.4 is 10.2 Å². The van der Waals surface area contributed by atoms with E-state index in [2.05, 4.69) is 0 Å². The van der Waals surface area contributed by atoms with Gasteiger partial charge in [-0.1, -0.05) is 18.2 Å². The summed E-state index contributed by atoms with van der Waals surface area (Å²) in [6, 6.07) is 6.96. The molecule has 2 nitrogen and oxygen atoms in total. The van der Waals surface area contributed by atoms with Crippen molar-refractivity contribution in [3.63, 3.8) is 0 Å². The first-order valence-corrected chi connectivity index (χ1v) is 5.10. The van der Waals surface area contributed by atoms with Crippen molar-refractivity contribution in [2.45, 2.75) is 25.8 Å². The van der Waals surface area contributed by atoms with Crippen LogP contribution in [0.5, 0.6) is 0 Å². The van der Waals surface area contributed by atoms with Crippen LogP contribution in [0.15, 0.2) is 24.3 Å². The summed E-state index contributed by atoms with van der Waals surface area (Å²) in [5.74, 6) is 0. The standard InChI is InChI=1S/C11H13F3N2/c1-7-4-2-3-5-8(7)16-6-9(12)15-10(13)11(16)14/h2-5,9-11,15H,6H2,1H3. The van der Waals surface area contributed by atoms with E-state index in [-0.39, 0.29) is 6.54 Å². The Labute approximate surface area is 92.1 Å². The zero-order valence-corrected chi connectivity index (χ0v) is 8.83. The zero-order chi connectivity index (χ0) is 11.7. The molecular weight excluding hydrogens is 217 g/mol. The minimum atomic E-state index is -2.00. The number of piperazine rings is 1. The number of nitrogens with one attached hydrogen (secondary N) is 1. The van der Waals surface area contributed by atoms with E-state index in [4.69, 9.17) is 0 Å². The van der Waals surface area contributed by atoms with Crippen molar-refractivity contribution in [1.82, 2.24) is 5.32 Å². The maximum absolute atomic E-state index is 13.6. The van der Waals surface area contributed by atoms with E-state index < -0.39 is 18.9 Å². The number of para-hydroxylation sites is 1. The molecule has 3 atom stereocenters. The molecule has 0 amide bonds. The van der Waals surface area contributed by atoms with Crippen LogP contribution in [-0.2, 0) is 0 Å². The van der Waals surface area contributed by atoms with Gasteiger partial charge in [0.2, 0.25) is 12.6 Å². The molecule has 0 bridgehead atoms. The second-order valence-corrected chi connectivity index (χ2v) is 3.85. The van der Waals surface area contributed by atoms with Gasteiger partial charge >= 0.3 is 0 Å². The number of halogens is 3. The molecule has 1 aromatic rings. The van der Waals surface area contributed by atoms with E-state index in [0.717, 1.165) is 10.5 Å². The zero-order valence-electron chi connectivity index (χ0n) is 8.83. The summed E-state index contributed by atoms with van der Waals surface area (Å²) >= 11 is 0. The lowest BCUT2D eigenvalue weighted by atomic mass is 10.1. The topological polar surface area (TPSA) is 15.3 Å². The predicted octanol–water partition coefficient (Wildman–Crippen LogP) is 2.29. The third-order valence-corrected chi connectivity index (χ3v) is 2.66. The Bertz CT molecular complexity index is 372. The molecule has 0 saturated carbocycles. The number of aryl methyl sites for hydroxylation is 1. The quantitative estimate of drug-likeness (QED) is 0.745. The van der Waals surface area contributed by atoms with Gasteiger partial charge in [0, 0.05) is 5.69 Å². The molecule has 0 spiro atoms. The smallest absolute Gasteiger partial charge is 0.217 e. The van der Waals surface area contributed by atoms with Crippen LogP contribution in [0, 0.1) is 6.92 Å². The van der Waals surface area contributed by atoms with E-state index in [9.17, 15) is 13.2 Å². The third-order valence-electron chi connectivity index (χ3n) is 2.66. The second-order valence-electron chi connectivity index (χ2n) is 3.85. The number of benzene rings is 1. The minimum Gasteiger partial charge on any atom is -0.334 e. The van der Waals surface area contributed by atoms with Crippen LogP contribution in [0.1, 0.15) is 5.56 Å². The highest BCUT2D eigenvalue weighted by atomic mass is 19.2. The average molecular weight is 230 g/mol. The van der Waals surface area contributed by atoms with Crippen molar-refractivity contribution >= 4 is 5.69 Å². The van der Waals surface area contributed by atoms with E-state index in [1.54, 1.807) is 31.2 Å². The Morgan fingerprint density at radius 1 is 1.25 bits per heavy atom. The summed E-state index contributed by atoms with van der Waals surface area (Å²) < 4.78 is 39.8. The number of alkyl halides is 3. The van der Waals surface area contributed by atoms with E-state index in [1.807, 2.05) is 5.32 Å². The Kier molecular flexibility index (Phi) is 3.05. The van der Waals surface area contributed by atoms with Crippen molar-refractivity contribution in [3.8, 4) is 0 Å². The largest absolute Gasteiger partial charge is 0.334 e. The lowest BCUT2D eigenvalue weighted by molar-refractivity contribution is 0.0534. The van der Waals surface area contributed by atoms with E-state index in [1.165, 1.54) is 0 Å².